The van der Waals surface area contributed by atoms with Crippen LogP contribution in [-0.2, 0) is 4.79 Å². The molecule has 158 valence electrons. The number of carbonyl (C=O) groups is 2. The zero-order chi connectivity index (χ0) is 22.0. The van der Waals surface area contributed by atoms with Crippen molar-refractivity contribution in [1.82, 2.24) is 4.90 Å². The van der Waals surface area contributed by atoms with Crippen molar-refractivity contribution in [2.75, 3.05) is 12.9 Å². The largest absolute Gasteiger partial charge is 0.496 e. The minimum absolute atomic E-state index is 0.302. The molecule has 0 spiro atoms. The van der Waals surface area contributed by atoms with Gasteiger partial charge in [-0.05, 0) is 29.8 Å². The topological polar surface area (TPSA) is 66.8 Å². The van der Waals surface area contributed by atoms with Crippen LogP contribution in [0, 0.1) is 0 Å². The standard InChI is InChI=1S/C24H20ClNO4S/c1-30-21-9-5-3-6-17(21)15-10-12-16(13-11-15)22(27)26-20(24(28)29)14-31-23(26)18-7-2-4-8-19(18)25/h2-13,20,23H,14H2,1H3,(H,28,29)/t20-,23+/m0/s1. The average molecular weight is 454 g/mol. The minimum atomic E-state index is -1.03. The maximum absolute atomic E-state index is 13.4. The molecule has 2 atom stereocenters. The van der Waals surface area contributed by atoms with Crippen LogP contribution in [-0.4, -0.2) is 40.8 Å². The highest BCUT2D eigenvalue weighted by molar-refractivity contribution is 7.99. The molecule has 1 amide bonds. The van der Waals surface area contributed by atoms with Crippen LogP contribution in [0.3, 0.4) is 0 Å². The average Bonchev–Trinajstić information content (AvgIpc) is 3.24. The molecule has 1 aliphatic rings. The van der Waals surface area contributed by atoms with E-state index in [9.17, 15) is 14.7 Å². The Kier molecular flexibility index (Phi) is 6.20. The van der Waals surface area contributed by atoms with Crippen LogP contribution < -0.4 is 4.74 Å². The van der Waals surface area contributed by atoms with E-state index in [4.69, 9.17) is 16.3 Å². The highest BCUT2D eigenvalue weighted by Gasteiger charge is 2.43. The van der Waals surface area contributed by atoms with Crippen molar-refractivity contribution < 1.29 is 19.4 Å². The third kappa shape index (κ3) is 4.13. The number of thioether (sulfide) groups is 1. The van der Waals surface area contributed by atoms with E-state index in [2.05, 4.69) is 0 Å². The zero-order valence-corrected chi connectivity index (χ0v) is 18.3. The van der Waals surface area contributed by atoms with Crippen molar-refractivity contribution in [2.45, 2.75) is 11.4 Å². The lowest BCUT2D eigenvalue weighted by molar-refractivity contribution is -0.141. The first-order chi connectivity index (χ1) is 15.0. The number of carboxylic acids is 1. The molecule has 3 aromatic rings. The van der Waals surface area contributed by atoms with Gasteiger partial charge in [0.15, 0.2) is 0 Å². The molecule has 1 N–H and O–H groups in total. The summed E-state index contributed by atoms with van der Waals surface area (Å²) in [6.07, 6.45) is 0. The molecular formula is C24H20ClNO4S. The summed E-state index contributed by atoms with van der Waals surface area (Å²) < 4.78 is 5.42. The van der Waals surface area contributed by atoms with Crippen molar-refractivity contribution >= 4 is 35.2 Å². The number of ether oxygens (including phenoxy) is 1. The van der Waals surface area contributed by atoms with Gasteiger partial charge < -0.3 is 14.7 Å². The SMILES string of the molecule is COc1ccccc1-c1ccc(C(=O)N2[C@@H](c3ccccc3Cl)SC[C@H]2C(=O)O)cc1. The van der Waals surface area contributed by atoms with Gasteiger partial charge in [0.25, 0.3) is 5.91 Å². The summed E-state index contributed by atoms with van der Waals surface area (Å²) in [4.78, 5) is 26.7. The Labute approximate surface area is 189 Å². The van der Waals surface area contributed by atoms with Crippen LogP contribution in [0.1, 0.15) is 21.3 Å². The first-order valence-corrected chi connectivity index (χ1v) is 11.1. The molecule has 31 heavy (non-hydrogen) atoms. The van der Waals surface area contributed by atoms with E-state index in [1.807, 2.05) is 54.6 Å². The van der Waals surface area contributed by atoms with Gasteiger partial charge in [0.2, 0.25) is 0 Å². The number of rotatable bonds is 5. The highest BCUT2D eigenvalue weighted by Crippen LogP contribution is 2.44. The molecule has 0 radical (unpaired) electrons. The second kappa shape index (κ2) is 9.04. The fourth-order valence-corrected chi connectivity index (χ4v) is 5.44. The van der Waals surface area contributed by atoms with E-state index < -0.39 is 17.4 Å². The normalized spacial score (nSPS) is 18.1. The second-order valence-electron chi connectivity index (χ2n) is 7.05. The molecular weight excluding hydrogens is 434 g/mol. The molecule has 0 aliphatic carbocycles. The van der Waals surface area contributed by atoms with E-state index in [-0.39, 0.29) is 5.91 Å². The van der Waals surface area contributed by atoms with Crippen LogP contribution in [0.4, 0.5) is 0 Å². The number of amides is 1. The monoisotopic (exact) mass is 453 g/mol. The van der Waals surface area contributed by atoms with E-state index in [0.29, 0.717) is 16.3 Å². The maximum Gasteiger partial charge on any atom is 0.327 e. The molecule has 4 rings (SSSR count). The third-order valence-electron chi connectivity index (χ3n) is 5.24. The van der Waals surface area contributed by atoms with Crippen molar-refractivity contribution in [3.8, 4) is 16.9 Å². The molecule has 1 saturated heterocycles. The lowest BCUT2D eigenvalue weighted by Crippen LogP contribution is -2.43. The number of methoxy groups -OCH3 is 1. The molecule has 0 unspecified atom stereocenters. The summed E-state index contributed by atoms with van der Waals surface area (Å²) in [6.45, 7) is 0. The summed E-state index contributed by atoms with van der Waals surface area (Å²) in [5, 5.41) is 9.76. The van der Waals surface area contributed by atoms with E-state index in [1.54, 1.807) is 25.3 Å². The number of para-hydroxylation sites is 1. The van der Waals surface area contributed by atoms with Crippen LogP contribution in [0.2, 0.25) is 5.02 Å². The van der Waals surface area contributed by atoms with Gasteiger partial charge in [-0.25, -0.2) is 4.79 Å². The first-order valence-electron chi connectivity index (χ1n) is 9.66. The Bertz CT molecular complexity index is 1120. The number of hydrogen-bond donors (Lipinski definition) is 1. The Morgan fingerprint density at radius 2 is 1.71 bits per heavy atom. The minimum Gasteiger partial charge on any atom is -0.496 e. The van der Waals surface area contributed by atoms with Crippen LogP contribution >= 0.6 is 23.4 Å². The van der Waals surface area contributed by atoms with Crippen LogP contribution in [0.25, 0.3) is 11.1 Å². The van der Waals surface area contributed by atoms with Gasteiger partial charge in [-0.1, -0.05) is 60.1 Å². The summed E-state index contributed by atoms with van der Waals surface area (Å²) >= 11 is 7.76. The van der Waals surface area contributed by atoms with Gasteiger partial charge in [0.1, 0.15) is 17.2 Å². The van der Waals surface area contributed by atoms with Gasteiger partial charge >= 0.3 is 5.97 Å². The quantitative estimate of drug-likeness (QED) is 0.563. The van der Waals surface area contributed by atoms with Gasteiger partial charge in [-0.2, -0.15) is 0 Å². The molecule has 1 aliphatic heterocycles. The van der Waals surface area contributed by atoms with Gasteiger partial charge in [-0.3, -0.25) is 4.79 Å². The van der Waals surface area contributed by atoms with Crippen molar-refractivity contribution in [2.24, 2.45) is 0 Å². The molecule has 1 heterocycles. The predicted molar refractivity (Wildman–Crippen MR) is 123 cm³/mol. The molecule has 5 nitrogen and oxygen atoms in total. The number of nitrogens with zero attached hydrogens (tertiary/aromatic N) is 1. The van der Waals surface area contributed by atoms with E-state index in [1.165, 1.54) is 16.7 Å². The first kappa shape index (κ1) is 21.3. The summed E-state index contributed by atoms with van der Waals surface area (Å²) in [5.41, 5.74) is 2.97. The number of halogens is 1. The fraction of sp³-hybridized carbons (Fsp3) is 0.167. The smallest absolute Gasteiger partial charge is 0.327 e. The van der Waals surface area contributed by atoms with Crippen molar-refractivity contribution in [3.05, 3.63) is 88.9 Å². The second-order valence-corrected chi connectivity index (χ2v) is 8.57. The number of hydrogen-bond acceptors (Lipinski definition) is 4. The zero-order valence-electron chi connectivity index (χ0n) is 16.7. The Balaban J connectivity index is 1.67. The number of carboxylic acid groups (broad SMARTS) is 1. The third-order valence-corrected chi connectivity index (χ3v) is 6.89. The number of aliphatic carboxylic acids is 1. The lowest BCUT2D eigenvalue weighted by Gasteiger charge is -2.28. The number of benzene rings is 3. The maximum atomic E-state index is 13.4. The molecule has 0 aromatic heterocycles. The van der Waals surface area contributed by atoms with Crippen molar-refractivity contribution in [1.29, 1.82) is 0 Å². The van der Waals surface area contributed by atoms with Crippen LogP contribution in [0.5, 0.6) is 5.75 Å². The summed E-state index contributed by atoms with van der Waals surface area (Å²) in [6, 6.07) is 21.1. The molecule has 0 bridgehead atoms. The fourth-order valence-electron chi connectivity index (χ4n) is 3.68. The summed E-state index contributed by atoms with van der Waals surface area (Å²) in [5.74, 6) is -0.326. The summed E-state index contributed by atoms with van der Waals surface area (Å²) in [7, 11) is 1.61. The van der Waals surface area contributed by atoms with E-state index >= 15 is 0 Å². The van der Waals surface area contributed by atoms with Gasteiger partial charge in [-0.15, -0.1) is 11.8 Å². The molecule has 1 fully saturated rings. The molecule has 3 aromatic carbocycles. The van der Waals surface area contributed by atoms with Gasteiger partial charge in [0, 0.05) is 27.5 Å². The molecule has 0 saturated carbocycles. The Hall–Kier alpha value is -2.96. The van der Waals surface area contributed by atoms with Gasteiger partial charge in [0.05, 0.1) is 7.11 Å². The number of carbonyl (C=O) groups excluding carboxylic acids is 1. The highest BCUT2D eigenvalue weighted by atomic mass is 35.5. The van der Waals surface area contributed by atoms with Crippen LogP contribution in [0.15, 0.2) is 72.8 Å². The molecule has 7 heteroatoms. The Morgan fingerprint density at radius 1 is 1.03 bits per heavy atom. The lowest BCUT2D eigenvalue weighted by atomic mass is 10.0. The Morgan fingerprint density at radius 3 is 2.39 bits per heavy atom. The van der Waals surface area contributed by atoms with Crippen molar-refractivity contribution in [3.63, 3.8) is 0 Å². The predicted octanol–water partition coefficient (Wildman–Crippen LogP) is 5.36. The van der Waals surface area contributed by atoms with E-state index in [0.717, 1.165) is 22.4 Å².